The number of rotatable bonds is 6. The third kappa shape index (κ3) is 5.00. The number of hydrogen-bond donors (Lipinski definition) is 2. The second-order valence-electron chi connectivity index (χ2n) is 4.83. The van der Waals surface area contributed by atoms with E-state index >= 15 is 0 Å². The largest absolute Gasteiger partial charge is 0.326 e. The van der Waals surface area contributed by atoms with Crippen LogP contribution in [0, 0.1) is 5.82 Å². The zero-order chi connectivity index (χ0) is 15.1. The normalized spacial score (nSPS) is 10.4. The summed E-state index contributed by atoms with van der Waals surface area (Å²) >= 11 is 0. The maximum atomic E-state index is 12.8. The highest BCUT2D eigenvalue weighted by atomic mass is 19.1. The molecule has 1 amide bonds. The van der Waals surface area contributed by atoms with Crippen molar-refractivity contribution in [3.8, 4) is 0 Å². The Kier molecular flexibility index (Phi) is 5.46. The second-order valence-corrected chi connectivity index (χ2v) is 4.83. The molecule has 0 aromatic heterocycles. The highest BCUT2D eigenvalue weighted by Crippen LogP contribution is 2.11. The van der Waals surface area contributed by atoms with E-state index in [9.17, 15) is 9.18 Å². The molecule has 2 aromatic rings. The van der Waals surface area contributed by atoms with Crippen molar-refractivity contribution in [2.24, 2.45) is 0 Å². The van der Waals surface area contributed by atoms with Crippen molar-refractivity contribution in [1.82, 2.24) is 5.32 Å². The van der Waals surface area contributed by atoms with Gasteiger partial charge in [-0.1, -0.05) is 31.2 Å². The van der Waals surface area contributed by atoms with Gasteiger partial charge in [0.1, 0.15) is 5.82 Å². The first-order chi connectivity index (χ1) is 10.2. The fourth-order valence-corrected chi connectivity index (χ4v) is 1.97. The zero-order valence-corrected chi connectivity index (χ0v) is 12.0. The Morgan fingerprint density at radius 2 is 1.62 bits per heavy atom. The van der Waals surface area contributed by atoms with Crippen molar-refractivity contribution >= 4 is 11.6 Å². The minimum Gasteiger partial charge on any atom is -0.326 e. The van der Waals surface area contributed by atoms with Crippen molar-refractivity contribution in [2.75, 3.05) is 11.9 Å². The summed E-state index contributed by atoms with van der Waals surface area (Å²) in [6, 6.07) is 13.7. The van der Waals surface area contributed by atoms with Crippen LogP contribution in [0.25, 0.3) is 0 Å². The first kappa shape index (κ1) is 15.2. The number of amides is 1. The van der Waals surface area contributed by atoms with Gasteiger partial charge < -0.3 is 10.6 Å². The average molecular weight is 286 g/mol. The molecule has 2 rings (SSSR count). The van der Waals surface area contributed by atoms with E-state index in [1.165, 1.54) is 17.7 Å². The van der Waals surface area contributed by atoms with Crippen LogP contribution in [-0.2, 0) is 17.8 Å². The molecule has 0 unspecified atom stereocenters. The van der Waals surface area contributed by atoms with E-state index in [0.29, 0.717) is 0 Å². The van der Waals surface area contributed by atoms with Crippen molar-refractivity contribution in [2.45, 2.75) is 19.9 Å². The summed E-state index contributed by atoms with van der Waals surface area (Å²) in [6.45, 7) is 3.81. The van der Waals surface area contributed by atoms with Crippen LogP contribution in [0.2, 0.25) is 0 Å². The van der Waals surface area contributed by atoms with E-state index in [0.717, 1.165) is 24.3 Å². The minimum atomic E-state index is -0.296. The van der Waals surface area contributed by atoms with Gasteiger partial charge in [-0.3, -0.25) is 4.79 Å². The van der Waals surface area contributed by atoms with E-state index in [1.54, 1.807) is 12.1 Å². The van der Waals surface area contributed by atoms with Crippen LogP contribution in [-0.4, -0.2) is 12.5 Å². The number of carbonyl (C=O) groups excluding carboxylic acids is 1. The fourth-order valence-electron chi connectivity index (χ4n) is 1.97. The van der Waals surface area contributed by atoms with Crippen LogP contribution >= 0.6 is 0 Å². The molecule has 0 aliphatic rings. The zero-order valence-electron chi connectivity index (χ0n) is 12.0. The van der Waals surface area contributed by atoms with Gasteiger partial charge in [0.2, 0.25) is 5.91 Å². The van der Waals surface area contributed by atoms with Gasteiger partial charge in [0.15, 0.2) is 0 Å². The van der Waals surface area contributed by atoms with E-state index in [2.05, 4.69) is 17.6 Å². The van der Waals surface area contributed by atoms with Crippen LogP contribution in [0.5, 0.6) is 0 Å². The standard InChI is InChI=1S/C17H19FN2O/c1-2-19-12-14-5-9-16(10-6-14)20-17(21)11-13-3-7-15(18)8-4-13/h3-10,19H,2,11-12H2,1H3,(H,20,21). The molecule has 0 atom stereocenters. The molecule has 0 bridgehead atoms. The molecule has 110 valence electrons. The van der Waals surface area contributed by atoms with Gasteiger partial charge in [0.25, 0.3) is 0 Å². The molecular formula is C17H19FN2O. The molecule has 21 heavy (non-hydrogen) atoms. The quantitative estimate of drug-likeness (QED) is 0.856. The van der Waals surface area contributed by atoms with Crippen LogP contribution in [0.15, 0.2) is 48.5 Å². The average Bonchev–Trinajstić information content (AvgIpc) is 2.49. The van der Waals surface area contributed by atoms with Gasteiger partial charge in [-0.2, -0.15) is 0 Å². The monoisotopic (exact) mass is 286 g/mol. The fraction of sp³-hybridized carbons (Fsp3) is 0.235. The van der Waals surface area contributed by atoms with Crippen molar-refractivity contribution in [1.29, 1.82) is 0 Å². The first-order valence-corrected chi connectivity index (χ1v) is 7.01. The summed E-state index contributed by atoms with van der Waals surface area (Å²) < 4.78 is 12.8. The number of benzene rings is 2. The van der Waals surface area contributed by atoms with E-state index in [-0.39, 0.29) is 18.1 Å². The number of nitrogens with one attached hydrogen (secondary N) is 2. The Morgan fingerprint density at radius 1 is 1.00 bits per heavy atom. The highest BCUT2D eigenvalue weighted by molar-refractivity contribution is 5.92. The molecule has 0 radical (unpaired) electrons. The van der Waals surface area contributed by atoms with E-state index in [1.807, 2.05) is 24.3 Å². The lowest BCUT2D eigenvalue weighted by Crippen LogP contribution is -2.15. The molecule has 2 aromatic carbocycles. The lowest BCUT2D eigenvalue weighted by Gasteiger charge is -2.07. The van der Waals surface area contributed by atoms with Crippen LogP contribution in [0.4, 0.5) is 10.1 Å². The Morgan fingerprint density at radius 3 is 2.24 bits per heavy atom. The Bertz CT molecular complexity index is 579. The molecule has 2 N–H and O–H groups in total. The van der Waals surface area contributed by atoms with Gasteiger partial charge in [0.05, 0.1) is 6.42 Å². The molecule has 0 aliphatic heterocycles. The lowest BCUT2D eigenvalue weighted by atomic mass is 10.1. The third-order valence-corrected chi connectivity index (χ3v) is 3.09. The molecular weight excluding hydrogens is 267 g/mol. The summed E-state index contributed by atoms with van der Waals surface area (Å²) in [5.41, 5.74) is 2.73. The number of anilines is 1. The van der Waals surface area contributed by atoms with Gasteiger partial charge in [0, 0.05) is 12.2 Å². The van der Waals surface area contributed by atoms with Crippen LogP contribution < -0.4 is 10.6 Å². The van der Waals surface area contributed by atoms with E-state index < -0.39 is 0 Å². The van der Waals surface area contributed by atoms with Gasteiger partial charge in [-0.25, -0.2) is 4.39 Å². The van der Waals surface area contributed by atoms with Gasteiger partial charge >= 0.3 is 0 Å². The summed E-state index contributed by atoms with van der Waals surface area (Å²) in [5, 5.41) is 6.08. The van der Waals surface area contributed by atoms with Crippen LogP contribution in [0.1, 0.15) is 18.1 Å². The van der Waals surface area contributed by atoms with Crippen molar-refractivity contribution in [3.63, 3.8) is 0 Å². The highest BCUT2D eigenvalue weighted by Gasteiger charge is 2.04. The lowest BCUT2D eigenvalue weighted by molar-refractivity contribution is -0.115. The van der Waals surface area contributed by atoms with Crippen molar-refractivity contribution in [3.05, 3.63) is 65.5 Å². The van der Waals surface area contributed by atoms with Crippen molar-refractivity contribution < 1.29 is 9.18 Å². The Balaban J connectivity index is 1.88. The van der Waals surface area contributed by atoms with E-state index in [4.69, 9.17) is 0 Å². The molecule has 0 saturated carbocycles. The Labute approximate surface area is 124 Å². The third-order valence-electron chi connectivity index (χ3n) is 3.09. The molecule has 4 heteroatoms. The first-order valence-electron chi connectivity index (χ1n) is 7.01. The van der Waals surface area contributed by atoms with Gasteiger partial charge in [-0.15, -0.1) is 0 Å². The maximum absolute atomic E-state index is 12.8. The topological polar surface area (TPSA) is 41.1 Å². The van der Waals surface area contributed by atoms with Crippen LogP contribution in [0.3, 0.4) is 0 Å². The molecule has 0 saturated heterocycles. The van der Waals surface area contributed by atoms with Gasteiger partial charge in [-0.05, 0) is 41.9 Å². The SMILES string of the molecule is CCNCc1ccc(NC(=O)Cc2ccc(F)cc2)cc1. The molecule has 0 spiro atoms. The summed E-state index contributed by atoms with van der Waals surface area (Å²) in [5.74, 6) is -0.406. The summed E-state index contributed by atoms with van der Waals surface area (Å²) in [6.07, 6.45) is 0.236. The molecule has 0 fully saturated rings. The predicted octanol–water partition coefficient (Wildman–Crippen LogP) is 3.12. The smallest absolute Gasteiger partial charge is 0.228 e. The molecule has 3 nitrogen and oxygen atoms in total. The summed E-state index contributed by atoms with van der Waals surface area (Å²) in [4.78, 5) is 11.9. The molecule has 0 heterocycles. The second kappa shape index (κ2) is 7.55. The Hall–Kier alpha value is -2.20. The minimum absolute atomic E-state index is 0.110. The molecule has 0 aliphatic carbocycles. The number of hydrogen-bond acceptors (Lipinski definition) is 2. The number of carbonyl (C=O) groups is 1. The maximum Gasteiger partial charge on any atom is 0.228 e. The predicted molar refractivity (Wildman–Crippen MR) is 82.6 cm³/mol. The summed E-state index contributed by atoms with van der Waals surface area (Å²) in [7, 11) is 0. The number of halogens is 1.